The van der Waals surface area contributed by atoms with Gasteiger partial charge >= 0.3 is 0 Å². The summed E-state index contributed by atoms with van der Waals surface area (Å²) in [5.74, 6) is 1.21. The molecule has 1 unspecified atom stereocenters. The summed E-state index contributed by atoms with van der Waals surface area (Å²) in [7, 11) is 0. The number of nitrogens with two attached hydrogens (primary N) is 1. The second kappa shape index (κ2) is 7.04. The van der Waals surface area contributed by atoms with E-state index in [1.165, 1.54) is 9.35 Å². The number of halogens is 1. The van der Waals surface area contributed by atoms with Crippen molar-refractivity contribution >= 4 is 27.3 Å². The zero-order valence-electron chi connectivity index (χ0n) is 11.8. The van der Waals surface area contributed by atoms with E-state index in [2.05, 4.69) is 60.4 Å². The Kier molecular flexibility index (Phi) is 6.31. The fourth-order valence-corrected chi connectivity index (χ4v) is 3.47. The Morgan fingerprint density at radius 1 is 1.44 bits per heavy atom. The van der Waals surface area contributed by atoms with Gasteiger partial charge in [0.25, 0.3) is 0 Å². The Labute approximate surface area is 123 Å². The van der Waals surface area contributed by atoms with Crippen molar-refractivity contribution < 1.29 is 0 Å². The molecule has 18 heavy (non-hydrogen) atoms. The molecule has 3 N–H and O–H groups in total. The molecule has 0 aliphatic carbocycles. The Hall–Kier alpha value is 0.1000. The highest BCUT2D eigenvalue weighted by atomic mass is 79.9. The minimum absolute atomic E-state index is 0.173. The van der Waals surface area contributed by atoms with Crippen LogP contribution in [0, 0.1) is 11.8 Å². The second-order valence-electron chi connectivity index (χ2n) is 5.88. The van der Waals surface area contributed by atoms with Crippen LogP contribution < -0.4 is 11.1 Å². The van der Waals surface area contributed by atoms with Gasteiger partial charge in [0.1, 0.15) is 0 Å². The molecule has 0 aliphatic rings. The minimum Gasteiger partial charge on any atom is -0.330 e. The van der Waals surface area contributed by atoms with Gasteiger partial charge in [0, 0.05) is 26.7 Å². The lowest BCUT2D eigenvalue weighted by atomic mass is 9.90. The minimum atomic E-state index is 0.173. The highest BCUT2D eigenvalue weighted by Gasteiger charge is 2.22. The predicted octanol–water partition coefficient (Wildman–Crippen LogP) is 3.61. The topological polar surface area (TPSA) is 38.0 Å². The van der Waals surface area contributed by atoms with E-state index in [1.807, 2.05) is 11.3 Å². The zero-order chi connectivity index (χ0) is 13.8. The molecule has 1 aromatic rings. The highest BCUT2D eigenvalue weighted by molar-refractivity contribution is 9.10. The van der Waals surface area contributed by atoms with Crippen molar-refractivity contribution in [3.8, 4) is 0 Å². The van der Waals surface area contributed by atoms with E-state index in [9.17, 15) is 0 Å². The molecule has 2 nitrogen and oxygen atoms in total. The Morgan fingerprint density at radius 3 is 2.56 bits per heavy atom. The van der Waals surface area contributed by atoms with Crippen molar-refractivity contribution in [1.29, 1.82) is 0 Å². The average molecular weight is 333 g/mol. The van der Waals surface area contributed by atoms with Crippen LogP contribution >= 0.6 is 27.3 Å². The van der Waals surface area contributed by atoms with Crippen molar-refractivity contribution in [1.82, 2.24) is 5.32 Å². The molecule has 4 heteroatoms. The maximum atomic E-state index is 5.79. The second-order valence-corrected chi connectivity index (χ2v) is 7.71. The molecule has 104 valence electrons. The lowest BCUT2D eigenvalue weighted by Crippen LogP contribution is -2.38. The van der Waals surface area contributed by atoms with Crippen LogP contribution in [0.1, 0.15) is 32.6 Å². The van der Waals surface area contributed by atoms with Crippen molar-refractivity contribution in [3.63, 3.8) is 0 Å². The summed E-state index contributed by atoms with van der Waals surface area (Å²) in [6.07, 6.45) is 0. The molecule has 0 radical (unpaired) electrons. The van der Waals surface area contributed by atoms with Crippen LogP contribution in [0.2, 0.25) is 0 Å². The quantitative estimate of drug-likeness (QED) is 0.800. The molecule has 1 rings (SSSR count). The third kappa shape index (κ3) is 4.65. The summed E-state index contributed by atoms with van der Waals surface area (Å²) in [5, 5.41) is 5.72. The van der Waals surface area contributed by atoms with Crippen molar-refractivity contribution in [3.05, 3.63) is 20.8 Å². The van der Waals surface area contributed by atoms with Gasteiger partial charge in [-0.25, -0.2) is 0 Å². The van der Waals surface area contributed by atoms with E-state index in [-0.39, 0.29) is 5.41 Å². The Morgan fingerprint density at radius 2 is 2.11 bits per heavy atom. The molecule has 0 aliphatic heterocycles. The summed E-state index contributed by atoms with van der Waals surface area (Å²) >= 11 is 5.34. The standard InChI is InChI=1S/C14H25BrN2S/c1-10(2)11(6-16)7-17-9-14(3,4)13-5-12(15)8-18-13/h5,8,10-11,17H,6-7,9,16H2,1-4H3. The number of nitrogens with one attached hydrogen (secondary N) is 1. The van der Waals surface area contributed by atoms with Gasteiger partial charge in [-0.3, -0.25) is 0 Å². The van der Waals surface area contributed by atoms with Crippen molar-refractivity contribution in [2.24, 2.45) is 17.6 Å². The maximum absolute atomic E-state index is 5.79. The molecule has 0 amide bonds. The monoisotopic (exact) mass is 332 g/mol. The van der Waals surface area contributed by atoms with Gasteiger partial charge in [-0.05, 0) is 46.9 Å². The van der Waals surface area contributed by atoms with Crippen molar-refractivity contribution in [2.75, 3.05) is 19.6 Å². The average Bonchev–Trinajstić information content (AvgIpc) is 2.71. The van der Waals surface area contributed by atoms with Gasteiger partial charge in [0.15, 0.2) is 0 Å². The molecule has 0 spiro atoms. The number of hydrogen-bond acceptors (Lipinski definition) is 3. The third-order valence-electron chi connectivity index (χ3n) is 3.45. The van der Waals surface area contributed by atoms with E-state index in [0.29, 0.717) is 11.8 Å². The summed E-state index contributed by atoms with van der Waals surface area (Å²) in [6, 6.07) is 2.22. The van der Waals surface area contributed by atoms with Crippen LogP contribution in [0.25, 0.3) is 0 Å². The first kappa shape index (κ1) is 16.2. The van der Waals surface area contributed by atoms with E-state index < -0.39 is 0 Å². The van der Waals surface area contributed by atoms with Crippen LogP contribution in [-0.2, 0) is 5.41 Å². The van der Waals surface area contributed by atoms with Crippen LogP contribution in [-0.4, -0.2) is 19.6 Å². The molecule has 1 aromatic heterocycles. The largest absolute Gasteiger partial charge is 0.330 e. The fraction of sp³-hybridized carbons (Fsp3) is 0.714. The normalized spacial score (nSPS) is 14.2. The molecule has 0 bridgehead atoms. The summed E-state index contributed by atoms with van der Waals surface area (Å²) < 4.78 is 1.18. The molecule has 1 heterocycles. The summed E-state index contributed by atoms with van der Waals surface area (Å²) in [4.78, 5) is 1.41. The van der Waals surface area contributed by atoms with E-state index in [4.69, 9.17) is 5.73 Å². The molecule has 0 saturated carbocycles. The van der Waals surface area contributed by atoms with Crippen LogP contribution in [0.15, 0.2) is 15.9 Å². The lowest BCUT2D eigenvalue weighted by Gasteiger charge is -2.26. The van der Waals surface area contributed by atoms with Gasteiger partial charge in [0.05, 0.1) is 0 Å². The third-order valence-corrected chi connectivity index (χ3v) is 5.51. The number of hydrogen-bond donors (Lipinski definition) is 2. The molecule has 0 aromatic carbocycles. The number of thiophene rings is 1. The molecule has 0 saturated heterocycles. The Bertz CT molecular complexity index is 360. The predicted molar refractivity (Wildman–Crippen MR) is 85.3 cm³/mol. The van der Waals surface area contributed by atoms with E-state index in [0.717, 1.165) is 19.6 Å². The van der Waals surface area contributed by atoms with Crippen LogP contribution in [0.5, 0.6) is 0 Å². The zero-order valence-corrected chi connectivity index (χ0v) is 14.2. The first-order valence-corrected chi connectivity index (χ1v) is 8.19. The number of rotatable bonds is 7. The fourth-order valence-electron chi connectivity index (χ4n) is 1.92. The SMILES string of the molecule is CC(C)C(CN)CNCC(C)(C)c1cc(Br)cs1. The molecular weight excluding hydrogens is 308 g/mol. The highest BCUT2D eigenvalue weighted by Crippen LogP contribution is 2.31. The maximum Gasteiger partial charge on any atom is 0.0285 e. The van der Waals surface area contributed by atoms with Crippen LogP contribution in [0.3, 0.4) is 0 Å². The van der Waals surface area contributed by atoms with Gasteiger partial charge in [-0.15, -0.1) is 11.3 Å². The van der Waals surface area contributed by atoms with Crippen molar-refractivity contribution in [2.45, 2.75) is 33.1 Å². The van der Waals surface area contributed by atoms with E-state index in [1.54, 1.807) is 0 Å². The van der Waals surface area contributed by atoms with E-state index >= 15 is 0 Å². The molecule has 1 atom stereocenters. The Balaban J connectivity index is 2.47. The smallest absolute Gasteiger partial charge is 0.0285 e. The van der Waals surface area contributed by atoms with Crippen LogP contribution in [0.4, 0.5) is 0 Å². The van der Waals surface area contributed by atoms with Gasteiger partial charge in [-0.2, -0.15) is 0 Å². The summed E-state index contributed by atoms with van der Waals surface area (Å²) in [6.45, 7) is 11.8. The first-order chi connectivity index (χ1) is 8.36. The first-order valence-electron chi connectivity index (χ1n) is 6.52. The molecular formula is C14H25BrN2S. The van der Waals surface area contributed by atoms with Gasteiger partial charge in [-0.1, -0.05) is 27.7 Å². The van der Waals surface area contributed by atoms with Gasteiger partial charge in [0.2, 0.25) is 0 Å². The lowest BCUT2D eigenvalue weighted by molar-refractivity contribution is 0.353. The molecule has 0 fully saturated rings. The van der Waals surface area contributed by atoms with Gasteiger partial charge < -0.3 is 11.1 Å². The summed E-state index contributed by atoms with van der Waals surface area (Å²) in [5.41, 5.74) is 5.97.